The molecule has 4 aromatic carbocycles. The zero-order valence-corrected chi connectivity index (χ0v) is 22.7. The third kappa shape index (κ3) is 5.65. The van der Waals surface area contributed by atoms with Crippen LogP contribution in [-0.2, 0) is 12.8 Å². The highest BCUT2D eigenvalue weighted by Crippen LogP contribution is 2.46. The molecule has 0 spiro atoms. The number of aliphatic hydroxyl groups excluding tert-OH is 2. The third-order valence-corrected chi connectivity index (χ3v) is 7.43. The van der Waals surface area contributed by atoms with Crippen LogP contribution in [0.3, 0.4) is 0 Å². The smallest absolute Gasteiger partial charge is 0.157 e. The van der Waals surface area contributed by atoms with Gasteiger partial charge in [-0.3, -0.25) is 0 Å². The van der Waals surface area contributed by atoms with Crippen LogP contribution in [0.1, 0.15) is 40.0 Å². The molecule has 0 unspecified atom stereocenters. The van der Waals surface area contributed by atoms with Crippen molar-refractivity contribution in [2.45, 2.75) is 44.2 Å². The molecule has 10 N–H and O–H groups in total. The number of ether oxygens (including phenoxy) is 2. The molecule has 2 aliphatic rings. The first-order valence-corrected chi connectivity index (χ1v) is 13.2. The van der Waals surface area contributed by atoms with E-state index in [-0.39, 0.29) is 64.6 Å². The van der Waals surface area contributed by atoms with Crippen molar-refractivity contribution in [2.24, 2.45) is 0 Å². The van der Waals surface area contributed by atoms with Crippen LogP contribution in [-0.4, -0.2) is 63.3 Å². The quantitative estimate of drug-likeness (QED) is 0.151. The molecule has 0 saturated carbocycles. The van der Waals surface area contributed by atoms with Crippen LogP contribution in [0.15, 0.2) is 54.6 Å². The number of fused-ring (bicyclic) bond motifs is 2. The van der Waals surface area contributed by atoms with Crippen molar-refractivity contribution in [3.05, 3.63) is 82.4 Å². The lowest BCUT2D eigenvalue weighted by atomic mass is 9.92. The Balaban J connectivity index is 0.000000171. The van der Waals surface area contributed by atoms with Crippen molar-refractivity contribution >= 4 is 0 Å². The summed E-state index contributed by atoms with van der Waals surface area (Å²) in [4.78, 5) is 0. The van der Waals surface area contributed by atoms with Gasteiger partial charge in [-0.2, -0.15) is 0 Å². The van der Waals surface area contributed by atoms with E-state index < -0.39 is 24.4 Å². The Labute approximate surface area is 244 Å². The average molecular weight is 595 g/mol. The van der Waals surface area contributed by atoms with Gasteiger partial charge in [0.15, 0.2) is 23.0 Å². The number of rotatable bonds is 2. The van der Waals surface area contributed by atoms with Gasteiger partial charge in [0, 0.05) is 47.7 Å². The first-order valence-electron chi connectivity index (χ1n) is 13.2. The summed E-state index contributed by atoms with van der Waals surface area (Å²) < 4.78 is 11.4. The van der Waals surface area contributed by atoms with E-state index in [1.165, 1.54) is 54.6 Å². The SMILES string of the molecule is Cc1c(O)cc(O)c2c1O[C@H](c1ccc(O)c(O)c1)[C@H](O)C2.Oc1cc(O)c2c(c1)O[C@H](c1ccc(O)c(O)c1)[C@H](O)C2. The third-order valence-electron chi connectivity index (χ3n) is 7.43. The molecule has 43 heavy (non-hydrogen) atoms. The van der Waals surface area contributed by atoms with Gasteiger partial charge in [-0.1, -0.05) is 12.1 Å². The van der Waals surface area contributed by atoms with Gasteiger partial charge in [0.1, 0.15) is 46.7 Å². The lowest BCUT2D eigenvalue weighted by molar-refractivity contribution is 0.0191. The van der Waals surface area contributed by atoms with Crippen molar-refractivity contribution in [1.29, 1.82) is 0 Å². The Bertz CT molecular complexity index is 1680. The fourth-order valence-corrected chi connectivity index (χ4v) is 5.14. The molecule has 0 fully saturated rings. The summed E-state index contributed by atoms with van der Waals surface area (Å²) >= 11 is 0. The fraction of sp³-hybridized carbons (Fsp3) is 0.226. The fourth-order valence-electron chi connectivity index (χ4n) is 5.14. The van der Waals surface area contributed by atoms with Crippen molar-refractivity contribution in [3.8, 4) is 57.5 Å². The van der Waals surface area contributed by atoms with Gasteiger partial charge in [0.05, 0.1) is 12.2 Å². The molecular formula is C31H30O12. The standard InChI is InChI=1S/C16H16O6.C15H14O6/c1-7-11(18)6-12(19)9-5-14(21)16(22-15(7)9)8-2-3-10(17)13(20)4-8;16-8-4-11(18)9-6-13(20)15(21-14(9)5-8)7-1-2-10(17)12(19)3-7/h2-4,6,14,16-21H,5H2,1H3;1-5,13,15-20H,6H2/t14-,16-;13-,15-/m11/s1. The molecule has 0 aliphatic carbocycles. The molecule has 0 aromatic heterocycles. The topological polar surface area (TPSA) is 221 Å². The highest BCUT2D eigenvalue weighted by atomic mass is 16.5. The molecule has 6 rings (SSSR count). The molecule has 0 bridgehead atoms. The molecule has 226 valence electrons. The monoisotopic (exact) mass is 594 g/mol. The van der Waals surface area contributed by atoms with Crippen LogP contribution in [0.5, 0.6) is 57.5 Å². The molecule has 0 radical (unpaired) electrons. The minimum absolute atomic E-state index is 0.0973. The van der Waals surface area contributed by atoms with E-state index in [9.17, 15) is 51.1 Å². The number of hydrogen-bond acceptors (Lipinski definition) is 12. The maximum atomic E-state index is 10.3. The molecule has 4 aromatic rings. The Hall–Kier alpha value is -5.20. The second-order valence-corrected chi connectivity index (χ2v) is 10.4. The number of hydrogen-bond donors (Lipinski definition) is 10. The van der Waals surface area contributed by atoms with Gasteiger partial charge in [0.25, 0.3) is 0 Å². The second-order valence-electron chi connectivity index (χ2n) is 10.4. The molecule has 0 saturated heterocycles. The van der Waals surface area contributed by atoms with E-state index in [4.69, 9.17) is 9.47 Å². The summed E-state index contributed by atoms with van der Waals surface area (Å²) in [6, 6.07) is 12.0. The first-order chi connectivity index (χ1) is 20.3. The van der Waals surface area contributed by atoms with Crippen LogP contribution in [0.25, 0.3) is 0 Å². The minimum atomic E-state index is -0.939. The summed E-state index contributed by atoms with van der Waals surface area (Å²) in [5.41, 5.74) is 2.27. The van der Waals surface area contributed by atoms with Crippen molar-refractivity contribution in [2.75, 3.05) is 0 Å². The highest BCUT2D eigenvalue weighted by Gasteiger charge is 2.34. The zero-order valence-electron chi connectivity index (χ0n) is 22.7. The predicted molar refractivity (Wildman–Crippen MR) is 150 cm³/mol. The molecule has 12 heteroatoms. The van der Waals surface area contributed by atoms with Gasteiger partial charge in [-0.15, -0.1) is 0 Å². The first kappa shape index (κ1) is 29.3. The maximum Gasteiger partial charge on any atom is 0.157 e. The van der Waals surface area contributed by atoms with Crippen LogP contribution >= 0.6 is 0 Å². The lowest BCUT2D eigenvalue weighted by Crippen LogP contribution is -2.30. The summed E-state index contributed by atoms with van der Waals surface area (Å²) in [7, 11) is 0. The molecule has 0 amide bonds. The van der Waals surface area contributed by atoms with E-state index in [0.717, 1.165) is 0 Å². The van der Waals surface area contributed by atoms with E-state index in [0.29, 0.717) is 33.6 Å². The maximum absolute atomic E-state index is 10.3. The van der Waals surface area contributed by atoms with Crippen LogP contribution in [0.2, 0.25) is 0 Å². The van der Waals surface area contributed by atoms with Gasteiger partial charge in [-0.05, 0) is 42.3 Å². The Morgan fingerprint density at radius 1 is 0.535 bits per heavy atom. The summed E-state index contributed by atoms with van der Waals surface area (Å²) in [5.74, 6) is -1.08. The molecule has 2 heterocycles. The van der Waals surface area contributed by atoms with Crippen LogP contribution in [0.4, 0.5) is 0 Å². The number of aromatic hydroxyl groups is 8. The highest BCUT2D eigenvalue weighted by molar-refractivity contribution is 5.57. The van der Waals surface area contributed by atoms with Crippen molar-refractivity contribution < 1.29 is 60.5 Å². The Morgan fingerprint density at radius 3 is 1.60 bits per heavy atom. The number of benzene rings is 4. The number of phenolic OH excluding ortho intramolecular Hbond substituents is 8. The van der Waals surface area contributed by atoms with E-state index in [1.807, 2.05) is 0 Å². The van der Waals surface area contributed by atoms with Crippen molar-refractivity contribution in [1.82, 2.24) is 0 Å². The Kier molecular flexibility index (Phi) is 7.65. The van der Waals surface area contributed by atoms with Crippen molar-refractivity contribution in [3.63, 3.8) is 0 Å². The average Bonchev–Trinajstić information content (AvgIpc) is 2.95. The van der Waals surface area contributed by atoms with E-state index in [1.54, 1.807) is 6.92 Å². The van der Waals surface area contributed by atoms with Gasteiger partial charge in [-0.25, -0.2) is 0 Å². The van der Waals surface area contributed by atoms with Gasteiger partial charge in [0.2, 0.25) is 0 Å². The van der Waals surface area contributed by atoms with E-state index >= 15 is 0 Å². The molecule has 12 nitrogen and oxygen atoms in total. The number of aliphatic hydroxyl groups is 2. The summed E-state index contributed by atoms with van der Waals surface area (Å²) in [5, 5.41) is 97.2. The predicted octanol–water partition coefficient (Wildman–Crippen LogP) is 3.40. The normalized spacial score (nSPS) is 20.4. The lowest BCUT2D eigenvalue weighted by Gasteiger charge is -2.32. The largest absolute Gasteiger partial charge is 0.508 e. The number of phenols is 8. The molecular weight excluding hydrogens is 564 g/mol. The van der Waals surface area contributed by atoms with Gasteiger partial charge >= 0.3 is 0 Å². The molecule has 4 atom stereocenters. The zero-order chi connectivity index (χ0) is 31.2. The summed E-state index contributed by atoms with van der Waals surface area (Å²) in [6.07, 6.45) is -3.13. The Morgan fingerprint density at radius 2 is 1.05 bits per heavy atom. The second kappa shape index (κ2) is 11.2. The van der Waals surface area contributed by atoms with Gasteiger partial charge < -0.3 is 60.5 Å². The van der Waals surface area contributed by atoms with E-state index in [2.05, 4.69) is 0 Å². The summed E-state index contributed by atoms with van der Waals surface area (Å²) in [6.45, 7) is 1.65. The van der Waals surface area contributed by atoms with Crippen LogP contribution in [0, 0.1) is 6.92 Å². The minimum Gasteiger partial charge on any atom is -0.508 e. The van der Waals surface area contributed by atoms with Crippen LogP contribution < -0.4 is 9.47 Å². The molecule has 2 aliphatic heterocycles.